The average Bonchev–Trinajstić information content (AvgIpc) is 2.53. The molecular weight excluding hydrogens is 318 g/mol. The fourth-order valence-electron chi connectivity index (χ4n) is 2.13. The van der Waals surface area contributed by atoms with Gasteiger partial charge in [0.15, 0.2) is 0 Å². The van der Waals surface area contributed by atoms with Crippen LogP contribution in [0.25, 0.3) is 10.9 Å². The van der Waals surface area contributed by atoms with Crippen molar-refractivity contribution in [1.82, 2.24) is 9.97 Å². The molecule has 3 rings (SSSR count). The summed E-state index contributed by atoms with van der Waals surface area (Å²) in [5.74, 6) is -0.357. The van der Waals surface area contributed by atoms with Crippen molar-refractivity contribution in [2.45, 2.75) is 6.61 Å². The van der Waals surface area contributed by atoms with Gasteiger partial charge in [-0.25, -0.2) is 9.78 Å². The van der Waals surface area contributed by atoms with Gasteiger partial charge in [0.25, 0.3) is 5.56 Å². The Morgan fingerprint density at radius 3 is 2.83 bits per heavy atom. The molecule has 1 heterocycles. The molecule has 3 aromatic rings. The molecule has 3 N–H and O–H groups in total. The van der Waals surface area contributed by atoms with Crippen molar-refractivity contribution in [3.8, 4) is 0 Å². The molecule has 0 atom stereocenters. The first kappa shape index (κ1) is 15.1. The summed E-state index contributed by atoms with van der Waals surface area (Å²) in [4.78, 5) is 30.8. The zero-order valence-corrected chi connectivity index (χ0v) is 12.6. The smallest absolute Gasteiger partial charge is 0.340 e. The quantitative estimate of drug-likeness (QED) is 0.568. The van der Waals surface area contributed by atoms with Crippen LogP contribution in [0.2, 0.25) is 5.02 Å². The maximum Gasteiger partial charge on any atom is 0.340 e. The molecule has 1 aromatic heterocycles. The molecule has 0 bridgehead atoms. The average molecular weight is 330 g/mol. The molecule has 7 heteroatoms. The number of H-pyrrole nitrogens is 1. The van der Waals surface area contributed by atoms with E-state index in [2.05, 4.69) is 9.97 Å². The van der Waals surface area contributed by atoms with E-state index in [1.54, 1.807) is 30.3 Å². The van der Waals surface area contributed by atoms with E-state index in [1.807, 2.05) is 0 Å². The van der Waals surface area contributed by atoms with Crippen LogP contribution in [-0.4, -0.2) is 15.9 Å². The Balaban J connectivity index is 1.80. The van der Waals surface area contributed by atoms with Gasteiger partial charge in [-0.05, 0) is 30.3 Å². The molecular formula is C16H12ClN3O3. The highest BCUT2D eigenvalue weighted by Crippen LogP contribution is 2.19. The molecule has 0 spiro atoms. The molecule has 0 amide bonds. The first-order valence-corrected chi connectivity index (χ1v) is 7.12. The third-order valence-electron chi connectivity index (χ3n) is 3.24. The molecule has 0 saturated carbocycles. The lowest BCUT2D eigenvalue weighted by Gasteiger charge is -2.07. The van der Waals surface area contributed by atoms with E-state index in [9.17, 15) is 9.59 Å². The predicted molar refractivity (Wildman–Crippen MR) is 87.3 cm³/mol. The van der Waals surface area contributed by atoms with Crippen LogP contribution in [0, 0.1) is 0 Å². The highest BCUT2D eigenvalue weighted by atomic mass is 35.5. The zero-order chi connectivity index (χ0) is 16.4. The number of ether oxygens (including phenoxy) is 1. The lowest BCUT2D eigenvalue weighted by molar-refractivity contribution is 0.0463. The van der Waals surface area contributed by atoms with Crippen molar-refractivity contribution < 1.29 is 9.53 Å². The third kappa shape index (κ3) is 3.17. The van der Waals surface area contributed by atoms with Gasteiger partial charge in [0, 0.05) is 10.7 Å². The Morgan fingerprint density at radius 1 is 1.26 bits per heavy atom. The van der Waals surface area contributed by atoms with Gasteiger partial charge in [-0.2, -0.15) is 0 Å². The Hall–Kier alpha value is -2.86. The van der Waals surface area contributed by atoms with Gasteiger partial charge in [0.2, 0.25) is 0 Å². The van der Waals surface area contributed by atoms with Crippen molar-refractivity contribution in [1.29, 1.82) is 0 Å². The number of fused-ring (bicyclic) bond motifs is 1. The fourth-order valence-corrected chi connectivity index (χ4v) is 2.31. The fraction of sp³-hybridized carbons (Fsp3) is 0.0625. The number of aromatic nitrogens is 2. The summed E-state index contributed by atoms with van der Waals surface area (Å²) in [6, 6.07) is 11.4. The highest BCUT2D eigenvalue weighted by molar-refractivity contribution is 6.31. The normalized spacial score (nSPS) is 10.7. The number of anilines is 1. The van der Waals surface area contributed by atoms with Crippen LogP contribution >= 0.6 is 11.6 Å². The summed E-state index contributed by atoms with van der Waals surface area (Å²) in [6.45, 7) is -0.166. The number of rotatable bonds is 3. The SMILES string of the molecule is Nc1cc(Cl)ccc1C(=O)OCc1nc2ccccc2c(=O)[nH]1. The monoisotopic (exact) mass is 329 g/mol. The van der Waals surface area contributed by atoms with Crippen molar-refractivity contribution in [2.75, 3.05) is 5.73 Å². The number of nitrogens with two attached hydrogens (primary N) is 1. The number of nitrogens with one attached hydrogen (secondary N) is 1. The molecule has 0 aliphatic rings. The number of aromatic amines is 1. The van der Waals surface area contributed by atoms with Gasteiger partial charge in [-0.15, -0.1) is 0 Å². The van der Waals surface area contributed by atoms with Gasteiger partial charge in [-0.1, -0.05) is 23.7 Å². The predicted octanol–water partition coefficient (Wildman–Crippen LogP) is 2.52. The lowest BCUT2D eigenvalue weighted by Crippen LogP contribution is -2.15. The van der Waals surface area contributed by atoms with E-state index < -0.39 is 5.97 Å². The minimum Gasteiger partial charge on any atom is -0.454 e. The second-order valence-electron chi connectivity index (χ2n) is 4.84. The van der Waals surface area contributed by atoms with Crippen LogP contribution in [0.15, 0.2) is 47.3 Å². The van der Waals surface area contributed by atoms with Crippen LogP contribution < -0.4 is 11.3 Å². The number of nitrogens with zero attached hydrogens (tertiary/aromatic N) is 1. The number of carbonyl (C=O) groups is 1. The van der Waals surface area contributed by atoms with E-state index in [4.69, 9.17) is 22.1 Å². The third-order valence-corrected chi connectivity index (χ3v) is 3.47. The number of halogens is 1. The molecule has 116 valence electrons. The molecule has 23 heavy (non-hydrogen) atoms. The zero-order valence-electron chi connectivity index (χ0n) is 11.9. The lowest BCUT2D eigenvalue weighted by atomic mass is 10.2. The van der Waals surface area contributed by atoms with Crippen molar-refractivity contribution >= 4 is 34.2 Å². The number of esters is 1. The topological polar surface area (TPSA) is 98.1 Å². The first-order valence-electron chi connectivity index (χ1n) is 6.74. The Morgan fingerprint density at radius 2 is 2.04 bits per heavy atom. The van der Waals surface area contributed by atoms with Crippen LogP contribution in [0.1, 0.15) is 16.2 Å². The molecule has 0 fully saturated rings. The minimum atomic E-state index is -0.616. The van der Waals surface area contributed by atoms with E-state index in [0.717, 1.165) is 0 Å². The molecule has 0 unspecified atom stereocenters. The largest absolute Gasteiger partial charge is 0.454 e. The molecule has 2 aromatic carbocycles. The molecule has 6 nitrogen and oxygen atoms in total. The molecule has 0 aliphatic heterocycles. The van der Waals surface area contributed by atoms with Gasteiger partial charge >= 0.3 is 5.97 Å². The maximum absolute atomic E-state index is 12.0. The van der Waals surface area contributed by atoms with Crippen LogP contribution in [0.5, 0.6) is 0 Å². The molecule has 0 radical (unpaired) electrons. The van der Waals surface area contributed by atoms with Crippen LogP contribution in [-0.2, 0) is 11.3 Å². The van der Waals surface area contributed by atoms with Crippen LogP contribution in [0.4, 0.5) is 5.69 Å². The molecule has 0 aliphatic carbocycles. The number of benzene rings is 2. The van der Waals surface area contributed by atoms with Gasteiger partial charge in [-0.3, -0.25) is 4.79 Å². The number of carbonyl (C=O) groups excluding carboxylic acids is 1. The van der Waals surface area contributed by atoms with Crippen LogP contribution in [0.3, 0.4) is 0 Å². The Labute approximate surface area is 135 Å². The summed E-state index contributed by atoms with van der Waals surface area (Å²) >= 11 is 5.79. The second kappa shape index (κ2) is 6.10. The van der Waals surface area contributed by atoms with E-state index in [-0.39, 0.29) is 29.2 Å². The van der Waals surface area contributed by atoms with E-state index >= 15 is 0 Å². The summed E-state index contributed by atoms with van der Waals surface area (Å²) in [5, 5.41) is 0.907. The number of hydrogen-bond donors (Lipinski definition) is 2. The van der Waals surface area contributed by atoms with E-state index in [0.29, 0.717) is 15.9 Å². The number of hydrogen-bond acceptors (Lipinski definition) is 5. The van der Waals surface area contributed by atoms with Crippen molar-refractivity contribution in [2.24, 2.45) is 0 Å². The summed E-state index contributed by atoms with van der Waals surface area (Å²) in [7, 11) is 0. The van der Waals surface area contributed by atoms with Gasteiger partial charge in [0.1, 0.15) is 12.4 Å². The standard InChI is InChI=1S/C16H12ClN3O3/c17-9-5-6-10(12(18)7-9)16(22)23-8-14-19-13-4-2-1-3-11(13)15(21)20-14/h1-7H,8,18H2,(H,19,20,21). The number of nitrogen functional groups attached to an aromatic ring is 1. The number of para-hydroxylation sites is 1. The Bertz CT molecular complexity index is 953. The van der Waals surface area contributed by atoms with Crippen molar-refractivity contribution in [3.05, 3.63) is 69.2 Å². The van der Waals surface area contributed by atoms with Gasteiger partial charge in [0.05, 0.1) is 16.5 Å². The summed E-state index contributed by atoms with van der Waals surface area (Å²) in [5.41, 5.74) is 6.41. The van der Waals surface area contributed by atoms with Gasteiger partial charge < -0.3 is 15.5 Å². The van der Waals surface area contributed by atoms with Crippen molar-refractivity contribution in [3.63, 3.8) is 0 Å². The maximum atomic E-state index is 12.0. The van der Waals surface area contributed by atoms with E-state index in [1.165, 1.54) is 12.1 Å². The summed E-state index contributed by atoms with van der Waals surface area (Å²) < 4.78 is 5.14. The molecule has 0 saturated heterocycles. The minimum absolute atomic E-state index is 0.166. The first-order chi connectivity index (χ1) is 11.0. The highest BCUT2D eigenvalue weighted by Gasteiger charge is 2.13. The summed E-state index contributed by atoms with van der Waals surface area (Å²) in [6.07, 6.45) is 0. The Kier molecular flexibility index (Phi) is 3.99. The second-order valence-corrected chi connectivity index (χ2v) is 5.27.